The Labute approximate surface area is 111 Å². The molecule has 0 fully saturated rings. The van der Waals surface area contributed by atoms with Gasteiger partial charge in [-0.15, -0.1) is 0 Å². The number of nitrogens with zero attached hydrogens (tertiary/aromatic N) is 2. The molecule has 1 heterocycles. The fourth-order valence-electron chi connectivity index (χ4n) is 1.92. The highest BCUT2D eigenvalue weighted by Gasteiger charge is 2.15. The molecular formula is C13H15ClFN3. The van der Waals surface area contributed by atoms with Crippen LogP contribution in [0.1, 0.15) is 24.1 Å². The fourth-order valence-corrected chi connectivity index (χ4v) is 2.11. The van der Waals surface area contributed by atoms with Crippen molar-refractivity contribution in [1.29, 1.82) is 0 Å². The van der Waals surface area contributed by atoms with E-state index in [1.165, 1.54) is 6.07 Å². The number of halogens is 2. The Balaban J connectivity index is 2.35. The summed E-state index contributed by atoms with van der Waals surface area (Å²) in [6, 6.07) is 4.71. The highest BCUT2D eigenvalue weighted by molar-refractivity contribution is 6.30. The van der Waals surface area contributed by atoms with Gasteiger partial charge in [0.25, 0.3) is 0 Å². The van der Waals surface area contributed by atoms with Crippen LogP contribution in [0, 0.1) is 5.82 Å². The van der Waals surface area contributed by atoms with Gasteiger partial charge in [0, 0.05) is 18.3 Å². The molecule has 5 heteroatoms. The van der Waals surface area contributed by atoms with Gasteiger partial charge >= 0.3 is 0 Å². The lowest BCUT2D eigenvalue weighted by Gasteiger charge is -2.15. The van der Waals surface area contributed by atoms with Crippen LogP contribution in [0.5, 0.6) is 0 Å². The van der Waals surface area contributed by atoms with Crippen LogP contribution in [0.2, 0.25) is 5.02 Å². The molecule has 0 saturated heterocycles. The molecule has 0 aliphatic carbocycles. The van der Waals surface area contributed by atoms with E-state index in [1.54, 1.807) is 12.1 Å². The Bertz CT molecular complexity index is 539. The molecule has 0 aliphatic rings. The summed E-state index contributed by atoms with van der Waals surface area (Å²) in [5.41, 5.74) is 1.95. The minimum atomic E-state index is -0.403. The van der Waals surface area contributed by atoms with Gasteiger partial charge in [0.1, 0.15) is 5.82 Å². The van der Waals surface area contributed by atoms with Crippen molar-refractivity contribution in [2.75, 3.05) is 7.05 Å². The van der Waals surface area contributed by atoms with Gasteiger partial charge in [0.15, 0.2) is 0 Å². The number of hydrogen-bond acceptors (Lipinski definition) is 2. The van der Waals surface area contributed by atoms with Gasteiger partial charge in [-0.3, -0.25) is 4.68 Å². The molecule has 1 atom stereocenters. The Hall–Kier alpha value is -1.39. The first kappa shape index (κ1) is 13.1. The van der Waals surface area contributed by atoms with E-state index in [1.807, 2.05) is 31.0 Å². The quantitative estimate of drug-likeness (QED) is 0.923. The number of aryl methyl sites for hydroxylation is 1. The lowest BCUT2D eigenvalue weighted by molar-refractivity contribution is 0.623. The van der Waals surface area contributed by atoms with Gasteiger partial charge in [-0.1, -0.05) is 17.7 Å². The Morgan fingerprint density at radius 3 is 2.78 bits per heavy atom. The second-order valence-electron chi connectivity index (χ2n) is 4.02. The number of benzene rings is 1. The summed E-state index contributed by atoms with van der Waals surface area (Å²) in [6.45, 7) is 2.85. The van der Waals surface area contributed by atoms with Crippen molar-refractivity contribution in [2.45, 2.75) is 19.5 Å². The van der Waals surface area contributed by atoms with Crippen molar-refractivity contribution in [1.82, 2.24) is 15.1 Å². The van der Waals surface area contributed by atoms with Gasteiger partial charge in [-0.05, 0) is 31.7 Å². The Morgan fingerprint density at radius 1 is 1.44 bits per heavy atom. The molecule has 0 spiro atoms. The van der Waals surface area contributed by atoms with Gasteiger partial charge in [-0.2, -0.15) is 5.10 Å². The molecule has 1 N–H and O–H groups in total. The molecule has 1 unspecified atom stereocenters. The zero-order valence-electron chi connectivity index (χ0n) is 10.3. The molecule has 2 aromatic rings. The van der Waals surface area contributed by atoms with Crippen molar-refractivity contribution < 1.29 is 4.39 Å². The monoisotopic (exact) mass is 267 g/mol. The average molecular weight is 268 g/mol. The number of aromatic nitrogens is 2. The number of hydrogen-bond donors (Lipinski definition) is 1. The zero-order chi connectivity index (χ0) is 13.1. The van der Waals surface area contributed by atoms with Crippen LogP contribution < -0.4 is 5.32 Å². The molecule has 0 radical (unpaired) electrons. The molecule has 2 rings (SSSR count). The maximum atomic E-state index is 13.2. The minimum Gasteiger partial charge on any atom is -0.309 e. The second-order valence-corrected chi connectivity index (χ2v) is 4.43. The molecule has 0 amide bonds. The first-order chi connectivity index (χ1) is 8.65. The van der Waals surface area contributed by atoms with Crippen LogP contribution in [-0.2, 0) is 6.54 Å². The van der Waals surface area contributed by atoms with Crippen LogP contribution in [0.3, 0.4) is 0 Å². The predicted octanol–water partition coefficient (Wildman–Crippen LogP) is 3.00. The van der Waals surface area contributed by atoms with Gasteiger partial charge in [0.2, 0.25) is 0 Å². The normalized spacial score (nSPS) is 12.7. The van der Waals surface area contributed by atoms with Crippen LogP contribution >= 0.6 is 11.6 Å². The zero-order valence-corrected chi connectivity index (χ0v) is 11.1. The predicted molar refractivity (Wildman–Crippen MR) is 70.2 cm³/mol. The number of rotatable bonds is 4. The third-order valence-corrected chi connectivity index (χ3v) is 3.17. The van der Waals surface area contributed by atoms with Crippen molar-refractivity contribution in [3.63, 3.8) is 0 Å². The molecule has 96 valence electrons. The fraction of sp³-hybridized carbons (Fsp3) is 0.308. The smallest absolute Gasteiger partial charge is 0.141 e. The standard InChI is InChI=1S/C13H15ClFN3/c1-3-18-8-10(7-17-18)13(16-2)9-4-5-12(15)11(14)6-9/h4-8,13,16H,3H2,1-2H3. The first-order valence-corrected chi connectivity index (χ1v) is 6.18. The summed E-state index contributed by atoms with van der Waals surface area (Å²) in [5, 5.41) is 7.56. The third-order valence-electron chi connectivity index (χ3n) is 2.88. The van der Waals surface area contributed by atoms with Crippen LogP contribution in [-0.4, -0.2) is 16.8 Å². The largest absolute Gasteiger partial charge is 0.309 e. The van der Waals surface area contributed by atoms with E-state index in [0.717, 1.165) is 17.7 Å². The van der Waals surface area contributed by atoms with E-state index in [4.69, 9.17) is 11.6 Å². The van der Waals surface area contributed by atoms with Crippen molar-refractivity contribution in [3.8, 4) is 0 Å². The van der Waals surface area contributed by atoms with E-state index < -0.39 is 5.82 Å². The SMILES string of the molecule is CCn1cc(C(NC)c2ccc(F)c(Cl)c2)cn1. The molecule has 1 aromatic heterocycles. The van der Waals surface area contributed by atoms with Gasteiger partial charge < -0.3 is 5.32 Å². The summed E-state index contributed by atoms with van der Waals surface area (Å²) < 4.78 is 15.0. The summed E-state index contributed by atoms with van der Waals surface area (Å²) >= 11 is 5.81. The molecule has 3 nitrogen and oxygen atoms in total. The first-order valence-electron chi connectivity index (χ1n) is 5.80. The maximum absolute atomic E-state index is 13.2. The Kier molecular flexibility index (Phi) is 3.99. The van der Waals surface area contributed by atoms with Crippen molar-refractivity contribution in [2.24, 2.45) is 0 Å². The summed E-state index contributed by atoms with van der Waals surface area (Å²) in [6.07, 6.45) is 3.78. The van der Waals surface area contributed by atoms with Crippen molar-refractivity contribution >= 4 is 11.6 Å². The third kappa shape index (κ3) is 2.54. The van der Waals surface area contributed by atoms with Crippen LogP contribution in [0.25, 0.3) is 0 Å². The summed E-state index contributed by atoms with van der Waals surface area (Å²) in [7, 11) is 1.85. The van der Waals surface area contributed by atoms with E-state index in [0.29, 0.717) is 0 Å². The average Bonchev–Trinajstić information content (AvgIpc) is 2.83. The van der Waals surface area contributed by atoms with Crippen molar-refractivity contribution in [3.05, 3.63) is 52.6 Å². The lowest BCUT2D eigenvalue weighted by Crippen LogP contribution is -2.17. The van der Waals surface area contributed by atoms with E-state index in [-0.39, 0.29) is 11.1 Å². The molecule has 0 saturated carbocycles. The molecule has 0 bridgehead atoms. The number of nitrogens with one attached hydrogen (secondary N) is 1. The van der Waals surface area contributed by atoms with E-state index in [2.05, 4.69) is 10.4 Å². The van der Waals surface area contributed by atoms with Crippen LogP contribution in [0.15, 0.2) is 30.6 Å². The van der Waals surface area contributed by atoms with Gasteiger partial charge in [0.05, 0.1) is 17.3 Å². The molecule has 0 aliphatic heterocycles. The Morgan fingerprint density at radius 2 is 2.22 bits per heavy atom. The lowest BCUT2D eigenvalue weighted by atomic mass is 10.0. The maximum Gasteiger partial charge on any atom is 0.141 e. The molecular weight excluding hydrogens is 253 g/mol. The summed E-state index contributed by atoms with van der Waals surface area (Å²) in [5.74, 6) is -0.403. The topological polar surface area (TPSA) is 29.9 Å². The molecule has 1 aromatic carbocycles. The minimum absolute atomic E-state index is 0.0385. The molecule has 18 heavy (non-hydrogen) atoms. The van der Waals surface area contributed by atoms with E-state index in [9.17, 15) is 4.39 Å². The van der Waals surface area contributed by atoms with Gasteiger partial charge in [-0.25, -0.2) is 4.39 Å². The highest BCUT2D eigenvalue weighted by Crippen LogP contribution is 2.25. The van der Waals surface area contributed by atoms with E-state index >= 15 is 0 Å². The van der Waals surface area contributed by atoms with Crippen LogP contribution in [0.4, 0.5) is 4.39 Å². The second kappa shape index (κ2) is 5.50. The highest BCUT2D eigenvalue weighted by atomic mass is 35.5. The summed E-state index contributed by atoms with van der Waals surface area (Å²) in [4.78, 5) is 0.